The standard InChI is InChI=1S/C8H15N2/c1-3-6-10(4-2)7-5-9-8-10/h3,8H,1,4-7H2,2H3/q+1. The largest absolute Gasteiger partial charge is 0.277 e. The smallest absolute Gasteiger partial charge is 0.185 e. The Hall–Kier alpha value is -0.630. The summed E-state index contributed by atoms with van der Waals surface area (Å²) in [5.41, 5.74) is 0. The molecule has 0 aliphatic carbocycles. The molecular formula is C8H15N2+. The van der Waals surface area contributed by atoms with E-state index in [1.807, 2.05) is 6.08 Å². The third-order valence-electron chi connectivity index (χ3n) is 2.12. The van der Waals surface area contributed by atoms with Crippen molar-refractivity contribution in [2.75, 3.05) is 26.2 Å². The lowest BCUT2D eigenvalue weighted by atomic mass is 10.4. The minimum atomic E-state index is 0.988. The van der Waals surface area contributed by atoms with Crippen LogP contribution in [0, 0.1) is 0 Å². The molecule has 0 aromatic carbocycles. The van der Waals surface area contributed by atoms with Crippen LogP contribution < -0.4 is 0 Å². The Balaban J connectivity index is 2.58. The fourth-order valence-electron chi connectivity index (χ4n) is 1.31. The van der Waals surface area contributed by atoms with Crippen LogP contribution >= 0.6 is 0 Å². The summed E-state index contributed by atoms with van der Waals surface area (Å²) in [5, 5.41) is 0. The maximum Gasteiger partial charge on any atom is 0.185 e. The SMILES string of the molecule is C=CC[N+]1(CC)C=NCC1. The van der Waals surface area contributed by atoms with Crippen LogP contribution in [0.1, 0.15) is 6.92 Å². The molecule has 0 N–H and O–H groups in total. The van der Waals surface area contributed by atoms with Crippen molar-refractivity contribution in [1.29, 1.82) is 0 Å². The lowest BCUT2D eigenvalue weighted by Crippen LogP contribution is -2.45. The highest BCUT2D eigenvalue weighted by molar-refractivity contribution is 5.48. The van der Waals surface area contributed by atoms with Gasteiger partial charge in [-0.3, -0.25) is 4.48 Å². The van der Waals surface area contributed by atoms with Crippen LogP contribution in [-0.2, 0) is 0 Å². The number of likely N-dealkylation sites (N-methyl/N-ethyl adjacent to an activating group) is 1. The van der Waals surface area contributed by atoms with Gasteiger partial charge in [-0.05, 0) is 13.0 Å². The number of quaternary nitrogens is 1. The molecule has 1 atom stereocenters. The molecule has 10 heavy (non-hydrogen) atoms. The molecule has 1 aliphatic heterocycles. The van der Waals surface area contributed by atoms with Gasteiger partial charge < -0.3 is 0 Å². The molecule has 56 valence electrons. The molecular weight excluding hydrogens is 124 g/mol. The highest BCUT2D eigenvalue weighted by Crippen LogP contribution is 2.07. The second-order valence-corrected chi connectivity index (χ2v) is 2.75. The van der Waals surface area contributed by atoms with Gasteiger partial charge in [0.15, 0.2) is 6.34 Å². The van der Waals surface area contributed by atoms with Crippen molar-refractivity contribution in [1.82, 2.24) is 0 Å². The molecule has 0 bridgehead atoms. The van der Waals surface area contributed by atoms with E-state index in [1.165, 1.54) is 0 Å². The topological polar surface area (TPSA) is 12.4 Å². The number of hydrogen-bond acceptors (Lipinski definition) is 1. The molecule has 2 nitrogen and oxygen atoms in total. The molecule has 1 aliphatic rings. The van der Waals surface area contributed by atoms with Crippen molar-refractivity contribution in [2.24, 2.45) is 4.99 Å². The van der Waals surface area contributed by atoms with Crippen LogP contribution in [0.4, 0.5) is 0 Å². The van der Waals surface area contributed by atoms with Gasteiger partial charge in [-0.15, -0.1) is 0 Å². The number of rotatable bonds is 3. The van der Waals surface area contributed by atoms with Crippen LogP contribution in [0.2, 0.25) is 0 Å². The summed E-state index contributed by atoms with van der Waals surface area (Å²) in [6.07, 6.45) is 4.03. The van der Waals surface area contributed by atoms with E-state index in [0.29, 0.717) is 0 Å². The van der Waals surface area contributed by atoms with E-state index < -0.39 is 0 Å². The summed E-state index contributed by atoms with van der Waals surface area (Å²) >= 11 is 0. The van der Waals surface area contributed by atoms with Crippen LogP contribution in [0.5, 0.6) is 0 Å². The minimum Gasteiger partial charge on any atom is -0.277 e. The first kappa shape index (κ1) is 7.48. The summed E-state index contributed by atoms with van der Waals surface area (Å²) in [5.74, 6) is 0. The normalized spacial score (nSPS) is 30.9. The Bertz CT molecular complexity index is 151. The highest BCUT2D eigenvalue weighted by atomic mass is 15.4. The van der Waals surface area contributed by atoms with E-state index in [9.17, 15) is 0 Å². The summed E-state index contributed by atoms with van der Waals surface area (Å²) in [6.45, 7) is 10.2. The average Bonchev–Trinajstić information content (AvgIpc) is 2.39. The first-order chi connectivity index (χ1) is 4.83. The lowest BCUT2D eigenvalue weighted by molar-refractivity contribution is -0.820. The zero-order chi connectivity index (χ0) is 7.45. The third-order valence-corrected chi connectivity index (χ3v) is 2.12. The molecule has 1 unspecified atom stereocenters. The Morgan fingerprint density at radius 2 is 2.60 bits per heavy atom. The summed E-state index contributed by atoms with van der Waals surface area (Å²) < 4.78 is 1.00. The van der Waals surface area contributed by atoms with Gasteiger partial charge in [0.05, 0.1) is 13.1 Å². The van der Waals surface area contributed by atoms with E-state index in [4.69, 9.17) is 0 Å². The van der Waals surface area contributed by atoms with E-state index >= 15 is 0 Å². The zero-order valence-electron chi connectivity index (χ0n) is 6.58. The first-order valence-corrected chi connectivity index (χ1v) is 3.80. The maximum atomic E-state index is 4.23. The Kier molecular flexibility index (Phi) is 2.22. The van der Waals surface area contributed by atoms with Crippen LogP contribution in [-0.4, -0.2) is 37.0 Å². The molecule has 0 spiro atoms. The van der Waals surface area contributed by atoms with Crippen LogP contribution in [0.3, 0.4) is 0 Å². The molecule has 1 heterocycles. The van der Waals surface area contributed by atoms with Gasteiger partial charge in [-0.1, -0.05) is 6.58 Å². The minimum absolute atomic E-state index is 0.988. The zero-order valence-corrected chi connectivity index (χ0v) is 6.58. The highest BCUT2D eigenvalue weighted by Gasteiger charge is 2.24. The molecule has 0 aromatic heterocycles. The number of hydrogen-bond donors (Lipinski definition) is 0. The molecule has 0 amide bonds. The van der Waals surface area contributed by atoms with Crippen LogP contribution in [0.15, 0.2) is 17.6 Å². The van der Waals surface area contributed by atoms with Crippen LogP contribution in [0.25, 0.3) is 0 Å². The second kappa shape index (κ2) is 2.97. The second-order valence-electron chi connectivity index (χ2n) is 2.75. The number of aliphatic imine (C=N–C) groups is 1. The summed E-state index contributed by atoms with van der Waals surface area (Å²) in [7, 11) is 0. The van der Waals surface area contributed by atoms with Crippen molar-refractivity contribution < 1.29 is 4.48 Å². The van der Waals surface area contributed by atoms with E-state index in [2.05, 4.69) is 24.8 Å². The predicted octanol–water partition coefficient (Wildman–Crippen LogP) is 1.05. The molecule has 0 saturated carbocycles. The maximum absolute atomic E-state index is 4.23. The fraction of sp³-hybridized carbons (Fsp3) is 0.625. The van der Waals surface area contributed by atoms with Gasteiger partial charge in [0, 0.05) is 0 Å². The summed E-state index contributed by atoms with van der Waals surface area (Å²) in [4.78, 5) is 4.23. The average molecular weight is 139 g/mol. The molecule has 2 heteroatoms. The quantitative estimate of drug-likeness (QED) is 0.409. The Labute approximate surface area is 62.5 Å². The van der Waals surface area contributed by atoms with Gasteiger partial charge in [0.2, 0.25) is 0 Å². The molecule has 0 fully saturated rings. The fourth-order valence-corrected chi connectivity index (χ4v) is 1.31. The van der Waals surface area contributed by atoms with E-state index in [-0.39, 0.29) is 0 Å². The Morgan fingerprint density at radius 3 is 3.00 bits per heavy atom. The molecule has 0 radical (unpaired) electrons. The molecule has 1 rings (SSSR count). The van der Waals surface area contributed by atoms with Crippen molar-refractivity contribution in [2.45, 2.75) is 6.92 Å². The van der Waals surface area contributed by atoms with Crippen molar-refractivity contribution in [3.05, 3.63) is 12.7 Å². The Morgan fingerprint density at radius 1 is 1.80 bits per heavy atom. The molecule has 0 aromatic rings. The van der Waals surface area contributed by atoms with Gasteiger partial charge in [-0.25, -0.2) is 4.99 Å². The van der Waals surface area contributed by atoms with Gasteiger partial charge in [0.25, 0.3) is 0 Å². The monoisotopic (exact) mass is 139 g/mol. The van der Waals surface area contributed by atoms with E-state index in [0.717, 1.165) is 30.7 Å². The van der Waals surface area contributed by atoms with Gasteiger partial charge in [-0.2, -0.15) is 0 Å². The lowest BCUT2D eigenvalue weighted by Gasteiger charge is -2.26. The third kappa shape index (κ3) is 1.27. The summed E-state index contributed by atoms with van der Waals surface area (Å²) in [6, 6.07) is 0. The van der Waals surface area contributed by atoms with Crippen molar-refractivity contribution in [3.8, 4) is 0 Å². The van der Waals surface area contributed by atoms with Gasteiger partial charge in [0.1, 0.15) is 13.1 Å². The van der Waals surface area contributed by atoms with Gasteiger partial charge >= 0.3 is 0 Å². The molecule has 0 saturated heterocycles. The van der Waals surface area contributed by atoms with E-state index in [1.54, 1.807) is 0 Å². The number of nitrogens with zero attached hydrogens (tertiary/aromatic N) is 2. The predicted molar refractivity (Wildman–Crippen MR) is 44.1 cm³/mol. The van der Waals surface area contributed by atoms with Crippen molar-refractivity contribution in [3.63, 3.8) is 0 Å². The van der Waals surface area contributed by atoms with Crippen molar-refractivity contribution >= 4 is 6.34 Å². The first-order valence-electron chi connectivity index (χ1n) is 3.80.